The molecule has 0 saturated heterocycles. The molecule has 104 valence electrons. The lowest BCUT2D eigenvalue weighted by Gasteiger charge is -2.09. The van der Waals surface area contributed by atoms with Crippen molar-refractivity contribution < 1.29 is 0 Å². The first-order chi connectivity index (χ1) is 10.2. The molecule has 0 amide bonds. The van der Waals surface area contributed by atoms with E-state index in [4.69, 9.17) is 28.5 Å². The minimum Gasteiger partial charge on any atom is -0.322 e. The van der Waals surface area contributed by atoms with Gasteiger partial charge >= 0.3 is 0 Å². The molecule has 0 spiro atoms. The molecule has 0 saturated carbocycles. The Morgan fingerprint density at radius 2 is 2.00 bits per heavy atom. The number of aromatic nitrogens is 2. The summed E-state index contributed by atoms with van der Waals surface area (Å²) in [6, 6.07) is 15.2. The highest BCUT2D eigenvalue weighted by Crippen LogP contribution is 2.23. The largest absolute Gasteiger partial charge is 0.322 e. The Morgan fingerprint density at radius 1 is 1.19 bits per heavy atom. The maximum Gasteiger partial charge on any atom is 0.125 e. The molecule has 1 heterocycles. The number of imidazole rings is 1. The van der Waals surface area contributed by atoms with Crippen LogP contribution in [-0.4, -0.2) is 9.55 Å². The van der Waals surface area contributed by atoms with E-state index in [-0.39, 0.29) is 0 Å². The Kier molecular flexibility index (Phi) is 3.83. The summed E-state index contributed by atoms with van der Waals surface area (Å²) in [5.74, 6) is 1.07. The molecular weight excluding hydrogens is 305 g/mol. The van der Waals surface area contributed by atoms with Gasteiger partial charge in [-0.15, -0.1) is 11.6 Å². The van der Waals surface area contributed by atoms with Crippen LogP contribution in [-0.2, 0) is 12.4 Å². The zero-order valence-electron chi connectivity index (χ0n) is 11.1. The van der Waals surface area contributed by atoms with Crippen LogP contribution in [0, 0.1) is 11.3 Å². The van der Waals surface area contributed by atoms with Crippen molar-refractivity contribution in [2.75, 3.05) is 0 Å². The fraction of sp³-hybridized carbons (Fsp3) is 0.125. The summed E-state index contributed by atoms with van der Waals surface area (Å²) >= 11 is 12.2. The molecule has 2 aromatic carbocycles. The van der Waals surface area contributed by atoms with Gasteiger partial charge in [0.2, 0.25) is 0 Å². The molecule has 3 aromatic rings. The molecule has 0 aliphatic heterocycles. The smallest absolute Gasteiger partial charge is 0.125 e. The molecule has 0 radical (unpaired) electrons. The number of benzene rings is 2. The highest BCUT2D eigenvalue weighted by atomic mass is 35.5. The summed E-state index contributed by atoms with van der Waals surface area (Å²) in [7, 11) is 0. The van der Waals surface area contributed by atoms with Gasteiger partial charge in [0.25, 0.3) is 0 Å². The lowest BCUT2D eigenvalue weighted by molar-refractivity contribution is 0.779. The Balaban J connectivity index is 2.16. The average molecular weight is 316 g/mol. The van der Waals surface area contributed by atoms with Crippen molar-refractivity contribution in [2.45, 2.75) is 12.4 Å². The zero-order valence-corrected chi connectivity index (χ0v) is 12.6. The van der Waals surface area contributed by atoms with Crippen LogP contribution in [0.4, 0.5) is 0 Å². The Bertz CT molecular complexity index is 846. The third kappa shape index (κ3) is 2.61. The molecule has 0 atom stereocenters. The normalized spacial score (nSPS) is 10.7. The highest BCUT2D eigenvalue weighted by Gasteiger charge is 2.12. The zero-order chi connectivity index (χ0) is 14.8. The van der Waals surface area contributed by atoms with Crippen LogP contribution in [0.2, 0.25) is 5.02 Å². The van der Waals surface area contributed by atoms with Crippen molar-refractivity contribution in [3.8, 4) is 6.07 Å². The van der Waals surface area contributed by atoms with E-state index in [1.54, 1.807) is 6.07 Å². The summed E-state index contributed by atoms with van der Waals surface area (Å²) in [6.45, 7) is 0.576. The van der Waals surface area contributed by atoms with Gasteiger partial charge in [-0.1, -0.05) is 29.8 Å². The van der Waals surface area contributed by atoms with Crippen LogP contribution in [0.15, 0.2) is 42.5 Å². The minimum atomic E-state index is 0.307. The fourth-order valence-electron chi connectivity index (χ4n) is 2.32. The lowest BCUT2D eigenvalue weighted by atomic mass is 10.2. The molecule has 0 aliphatic rings. The number of rotatable bonds is 3. The number of nitriles is 1. The van der Waals surface area contributed by atoms with Gasteiger partial charge in [-0.25, -0.2) is 4.98 Å². The van der Waals surface area contributed by atoms with Crippen LogP contribution in [0.25, 0.3) is 11.0 Å². The summed E-state index contributed by atoms with van der Waals surface area (Å²) in [5.41, 5.74) is 3.32. The maximum absolute atomic E-state index is 9.06. The maximum atomic E-state index is 9.06. The van der Waals surface area contributed by atoms with Crippen molar-refractivity contribution in [2.24, 2.45) is 0 Å². The van der Waals surface area contributed by atoms with Gasteiger partial charge in [-0.3, -0.25) is 0 Å². The predicted octanol–water partition coefficient (Wildman–Crippen LogP) is 4.35. The van der Waals surface area contributed by atoms with E-state index in [0.29, 0.717) is 23.0 Å². The summed E-state index contributed by atoms with van der Waals surface area (Å²) in [5, 5.41) is 9.76. The highest BCUT2D eigenvalue weighted by molar-refractivity contribution is 6.31. The predicted molar refractivity (Wildman–Crippen MR) is 84.6 cm³/mol. The van der Waals surface area contributed by atoms with Crippen molar-refractivity contribution in [1.82, 2.24) is 9.55 Å². The van der Waals surface area contributed by atoms with Gasteiger partial charge < -0.3 is 4.57 Å². The summed E-state index contributed by atoms with van der Waals surface area (Å²) in [6.07, 6.45) is 0. The second-order valence-electron chi connectivity index (χ2n) is 4.65. The van der Waals surface area contributed by atoms with Crippen molar-refractivity contribution >= 4 is 34.2 Å². The second kappa shape index (κ2) is 5.77. The SMILES string of the molecule is N#Cc1ccc2nc(CCl)n(Cc3ccccc3Cl)c2c1. The quantitative estimate of drug-likeness (QED) is 0.674. The standard InChI is InChI=1S/C16H11Cl2N3/c17-8-16-20-14-6-5-11(9-19)7-15(14)21(16)10-12-3-1-2-4-13(12)18/h1-7H,8,10H2. The van der Waals surface area contributed by atoms with Gasteiger partial charge in [0, 0.05) is 5.02 Å². The van der Waals surface area contributed by atoms with Gasteiger partial charge in [0.15, 0.2) is 0 Å². The third-order valence-corrected chi connectivity index (χ3v) is 3.97. The van der Waals surface area contributed by atoms with Gasteiger partial charge in [0.05, 0.1) is 35.1 Å². The van der Waals surface area contributed by atoms with Gasteiger partial charge in [-0.2, -0.15) is 5.26 Å². The molecule has 1 aromatic heterocycles. The Labute approximate surface area is 132 Å². The number of hydrogen-bond acceptors (Lipinski definition) is 2. The monoisotopic (exact) mass is 315 g/mol. The number of alkyl halides is 1. The van der Waals surface area contributed by atoms with E-state index in [0.717, 1.165) is 22.4 Å². The Morgan fingerprint density at radius 3 is 2.71 bits per heavy atom. The van der Waals surface area contributed by atoms with Gasteiger partial charge in [-0.05, 0) is 29.8 Å². The minimum absolute atomic E-state index is 0.307. The topological polar surface area (TPSA) is 41.6 Å². The number of halogens is 2. The van der Waals surface area contributed by atoms with Crippen molar-refractivity contribution in [1.29, 1.82) is 5.26 Å². The molecule has 0 fully saturated rings. The van der Waals surface area contributed by atoms with Crippen LogP contribution in [0.5, 0.6) is 0 Å². The van der Waals surface area contributed by atoms with Gasteiger partial charge in [0.1, 0.15) is 5.82 Å². The third-order valence-electron chi connectivity index (χ3n) is 3.36. The summed E-state index contributed by atoms with van der Waals surface area (Å²) < 4.78 is 2.00. The molecular formula is C16H11Cl2N3. The fourth-order valence-corrected chi connectivity index (χ4v) is 2.72. The molecule has 0 unspecified atom stereocenters. The first-order valence-corrected chi connectivity index (χ1v) is 7.33. The summed E-state index contributed by atoms with van der Waals surface area (Å²) in [4.78, 5) is 4.51. The van der Waals surface area contributed by atoms with Crippen LogP contribution < -0.4 is 0 Å². The second-order valence-corrected chi connectivity index (χ2v) is 5.33. The molecule has 5 heteroatoms. The Hall–Kier alpha value is -2.02. The average Bonchev–Trinajstić information content (AvgIpc) is 2.86. The number of nitrogens with zero attached hydrogens (tertiary/aromatic N) is 3. The lowest BCUT2D eigenvalue weighted by Crippen LogP contribution is -2.04. The van der Waals surface area contributed by atoms with Crippen molar-refractivity contribution in [3.05, 3.63) is 64.4 Å². The van der Waals surface area contributed by atoms with E-state index in [9.17, 15) is 0 Å². The molecule has 3 nitrogen and oxygen atoms in total. The van der Waals surface area contributed by atoms with E-state index in [1.807, 2.05) is 41.0 Å². The van der Waals surface area contributed by atoms with Crippen LogP contribution in [0.1, 0.15) is 17.0 Å². The number of fused-ring (bicyclic) bond motifs is 1. The molecule has 0 aliphatic carbocycles. The van der Waals surface area contributed by atoms with Crippen LogP contribution in [0.3, 0.4) is 0 Å². The van der Waals surface area contributed by atoms with E-state index in [2.05, 4.69) is 11.1 Å². The molecule has 3 rings (SSSR count). The van der Waals surface area contributed by atoms with E-state index >= 15 is 0 Å². The molecule has 0 bridgehead atoms. The molecule has 0 N–H and O–H groups in total. The van der Waals surface area contributed by atoms with Crippen LogP contribution >= 0.6 is 23.2 Å². The van der Waals surface area contributed by atoms with E-state index < -0.39 is 0 Å². The first kappa shape index (κ1) is 13.9. The number of hydrogen-bond donors (Lipinski definition) is 0. The first-order valence-electron chi connectivity index (χ1n) is 6.41. The molecule has 21 heavy (non-hydrogen) atoms. The van der Waals surface area contributed by atoms with Crippen molar-refractivity contribution in [3.63, 3.8) is 0 Å². The van der Waals surface area contributed by atoms with E-state index in [1.165, 1.54) is 0 Å².